The second kappa shape index (κ2) is 5.82. The van der Waals surface area contributed by atoms with Crippen LogP contribution in [0.2, 0.25) is 0 Å². The summed E-state index contributed by atoms with van der Waals surface area (Å²) in [6.45, 7) is 4.58. The lowest BCUT2D eigenvalue weighted by atomic mass is 10.3. The van der Waals surface area contributed by atoms with E-state index in [9.17, 15) is 4.79 Å². The van der Waals surface area contributed by atoms with Crippen molar-refractivity contribution in [2.75, 3.05) is 26.2 Å². The maximum atomic E-state index is 10.9. The molecule has 82 valence electrons. The Labute approximate surface area is 84.0 Å². The van der Waals surface area contributed by atoms with Gasteiger partial charge in [-0.3, -0.25) is 4.90 Å². The summed E-state index contributed by atoms with van der Waals surface area (Å²) in [5, 5.41) is 12.1. The predicted octanol–water partition coefficient (Wildman–Crippen LogP) is 0.712. The van der Waals surface area contributed by atoms with Gasteiger partial charge in [0.15, 0.2) is 0 Å². The predicted molar refractivity (Wildman–Crippen MR) is 52.2 cm³/mol. The molecule has 2 N–H and O–H groups in total. The molecule has 1 aliphatic rings. The topological polar surface area (TPSA) is 61.8 Å². The average Bonchev–Trinajstić information content (AvgIpc) is 2.19. The number of amides is 1. The maximum absolute atomic E-state index is 10.9. The normalized spacial score (nSPS) is 21.9. The minimum Gasteiger partial charge on any atom is -0.465 e. The molecule has 5 nitrogen and oxygen atoms in total. The Bertz CT molecular complexity index is 181. The number of ether oxygens (including phenoxy) is 1. The first-order valence-corrected chi connectivity index (χ1v) is 5.07. The van der Waals surface area contributed by atoms with Crippen LogP contribution in [-0.2, 0) is 4.74 Å². The Morgan fingerprint density at radius 2 is 2.50 bits per heavy atom. The van der Waals surface area contributed by atoms with E-state index in [1.165, 1.54) is 4.90 Å². The highest BCUT2D eigenvalue weighted by Crippen LogP contribution is 2.06. The number of hydrogen-bond acceptors (Lipinski definition) is 3. The smallest absolute Gasteiger partial charge is 0.409 e. The highest BCUT2D eigenvalue weighted by molar-refractivity contribution is 5.65. The van der Waals surface area contributed by atoms with Crippen molar-refractivity contribution in [3.05, 3.63) is 0 Å². The first-order valence-electron chi connectivity index (χ1n) is 5.07. The molecule has 1 aliphatic heterocycles. The van der Waals surface area contributed by atoms with Crippen LogP contribution in [0.3, 0.4) is 0 Å². The third kappa shape index (κ3) is 3.16. The third-order valence-electron chi connectivity index (χ3n) is 2.25. The monoisotopic (exact) mass is 202 g/mol. The van der Waals surface area contributed by atoms with Gasteiger partial charge in [0.1, 0.15) is 6.23 Å². The number of unbranched alkanes of at least 4 members (excludes halogenated alkanes) is 1. The molecule has 1 atom stereocenters. The Balaban J connectivity index is 2.43. The van der Waals surface area contributed by atoms with Gasteiger partial charge in [-0.25, -0.2) is 4.79 Å². The van der Waals surface area contributed by atoms with Crippen LogP contribution in [0.15, 0.2) is 0 Å². The number of carbonyl (C=O) groups is 1. The van der Waals surface area contributed by atoms with Crippen LogP contribution in [0.1, 0.15) is 19.8 Å². The minimum absolute atomic E-state index is 0.312. The van der Waals surface area contributed by atoms with Crippen molar-refractivity contribution in [1.29, 1.82) is 0 Å². The number of carboxylic acid groups (broad SMARTS) is 1. The molecule has 5 heteroatoms. The van der Waals surface area contributed by atoms with E-state index in [1.54, 1.807) is 0 Å². The van der Waals surface area contributed by atoms with Crippen LogP contribution >= 0.6 is 0 Å². The summed E-state index contributed by atoms with van der Waals surface area (Å²) in [4.78, 5) is 12.3. The van der Waals surface area contributed by atoms with Gasteiger partial charge < -0.3 is 15.2 Å². The Kier molecular flexibility index (Phi) is 4.69. The van der Waals surface area contributed by atoms with Crippen molar-refractivity contribution >= 4 is 6.09 Å². The summed E-state index contributed by atoms with van der Waals surface area (Å²) in [5.41, 5.74) is 0. The average molecular weight is 202 g/mol. The van der Waals surface area contributed by atoms with Crippen LogP contribution in [0.5, 0.6) is 0 Å². The van der Waals surface area contributed by atoms with Crippen LogP contribution in [0.25, 0.3) is 0 Å². The van der Waals surface area contributed by atoms with E-state index >= 15 is 0 Å². The molecule has 14 heavy (non-hydrogen) atoms. The number of nitrogens with one attached hydrogen (secondary N) is 1. The van der Waals surface area contributed by atoms with Gasteiger partial charge in [0.05, 0.1) is 6.61 Å². The van der Waals surface area contributed by atoms with E-state index in [2.05, 4.69) is 5.32 Å². The largest absolute Gasteiger partial charge is 0.465 e. The van der Waals surface area contributed by atoms with Crippen molar-refractivity contribution < 1.29 is 14.6 Å². The molecule has 1 fully saturated rings. The van der Waals surface area contributed by atoms with E-state index in [0.29, 0.717) is 19.7 Å². The van der Waals surface area contributed by atoms with Gasteiger partial charge in [0, 0.05) is 19.6 Å². The molecular formula is C9H18N2O3. The highest BCUT2D eigenvalue weighted by Gasteiger charge is 2.24. The molecule has 1 heterocycles. The lowest BCUT2D eigenvalue weighted by Crippen LogP contribution is -2.51. The fourth-order valence-electron chi connectivity index (χ4n) is 1.44. The van der Waals surface area contributed by atoms with E-state index < -0.39 is 6.09 Å². The van der Waals surface area contributed by atoms with Crippen LogP contribution in [-0.4, -0.2) is 48.6 Å². The van der Waals surface area contributed by atoms with Crippen LogP contribution in [0, 0.1) is 0 Å². The number of nitrogens with zero attached hydrogens (tertiary/aromatic N) is 1. The summed E-state index contributed by atoms with van der Waals surface area (Å²) in [6, 6.07) is 0. The number of morpholine rings is 1. The van der Waals surface area contributed by atoms with E-state index in [4.69, 9.17) is 9.84 Å². The Morgan fingerprint density at radius 1 is 1.71 bits per heavy atom. The molecule has 1 amide bonds. The SMILES string of the molecule is CCCCN(C(=O)O)C1CNCCO1. The van der Waals surface area contributed by atoms with Gasteiger partial charge in [-0.15, -0.1) is 0 Å². The zero-order valence-electron chi connectivity index (χ0n) is 8.53. The van der Waals surface area contributed by atoms with Gasteiger partial charge in [0.2, 0.25) is 0 Å². The molecule has 1 unspecified atom stereocenters. The molecule has 0 radical (unpaired) electrons. The fraction of sp³-hybridized carbons (Fsp3) is 0.889. The molecule has 0 spiro atoms. The van der Waals surface area contributed by atoms with Crippen LogP contribution in [0.4, 0.5) is 4.79 Å². The molecule has 0 aliphatic carbocycles. The zero-order valence-corrected chi connectivity index (χ0v) is 8.53. The summed E-state index contributed by atoms with van der Waals surface area (Å²) in [7, 11) is 0. The quantitative estimate of drug-likeness (QED) is 0.705. The van der Waals surface area contributed by atoms with Gasteiger partial charge in [-0.05, 0) is 6.42 Å². The van der Waals surface area contributed by atoms with Gasteiger partial charge in [-0.2, -0.15) is 0 Å². The second-order valence-corrected chi connectivity index (χ2v) is 3.36. The summed E-state index contributed by atoms with van der Waals surface area (Å²) >= 11 is 0. The molecular weight excluding hydrogens is 184 g/mol. The summed E-state index contributed by atoms with van der Waals surface area (Å²) in [6.07, 6.45) is 0.663. The van der Waals surface area contributed by atoms with Crippen molar-refractivity contribution in [2.24, 2.45) is 0 Å². The highest BCUT2D eigenvalue weighted by atomic mass is 16.5. The van der Waals surface area contributed by atoms with Gasteiger partial charge in [-0.1, -0.05) is 13.3 Å². The first kappa shape index (κ1) is 11.3. The van der Waals surface area contributed by atoms with Crippen LogP contribution < -0.4 is 5.32 Å². The third-order valence-corrected chi connectivity index (χ3v) is 2.25. The minimum atomic E-state index is -0.896. The van der Waals surface area contributed by atoms with Crippen molar-refractivity contribution in [3.63, 3.8) is 0 Å². The Hall–Kier alpha value is -0.810. The lowest BCUT2D eigenvalue weighted by Gasteiger charge is -2.32. The molecule has 0 aromatic carbocycles. The standard InChI is InChI=1S/C9H18N2O3/c1-2-3-5-11(9(12)13)8-7-10-4-6-14-8/h8,10H,2-7H2,1H3,(H,12,13). The fourth-order valence-corrected chi connectivity index (χ4v) is 1.44. The van der Waals surface area contributed by atoms with E-state index in [0.717, 1.165) is 19.4 Å². The maximum Gasteiger partial charge on any atom is 0.409 e. The summed E-state index contributed by atoms with van der Waals surface area (Å²) in [5.74, 6) is 0. The molecule has 1 rings (SSSR count). The molecule has 0 aromatic heterocycles. The van der Waals surface area contributed by atoms with Gasteiger partial charge >= 0.3 is 6.09 Å². The Morgan fingerprint density at radius 3 is 3.00 bits per heavy atom. The first-order chi connectivity index (χ1) is 6.75. The van der Waals surface area contributed by atoms with E-state index in [1.807, 2.05) is 6.92 Å². The molecule has 0 aromatic rings. The second-order valence-electron chi connectivity index (χ2n) is 3.36. The number of hydrogen-bond donors (Lipinski definition) is 2. The van der Waals surface area contributed by atoms with Crippen molar-refractivity contribution in [1.82, 2.24) is 10.2 Å². The zero-order chi connectivity index (χ0) is 10.4. The lowest BCUT2D eigenvalue weighted by molar-refractivity contribution is -0.0634. The van der Waals surface area contributed by atoms with E-state index in [-0.39, 0.29) is 6.23 Å². The summed E-state index contributed by atoms with van der Waals surface area (Å²) < 4.78 is 5.38. The molecule has 1 saturated heterocycles. The van der Waals surface area contributed by atoms with Gasteiger partial charge in [0.25, 0.3) is 0 Å². The van der Waals surface area contributed by atoms with Crippen molar-refractivity contribution in [3.8, 4) is 0 Å². The molecule has 0 bridgehead atoms. The molecule has 0 saturated carbocycles. The van der Waals surface area contributed by atoms with Crippen molar-refractivity contribution in [2.45, 2.75) is 26.0 Å². The number of rotatable bonds is 4.